The van der Waals surface area contributed by atoms with E-state index in [-0.39, 0.29) is 18.9 Å². The Kier molecular flexibility index (Phi) is 46.4. The van der Waals surface area contributed by atoms with Gasteiger partial charge in [-0.2, -0.15) is 0 Å². The van der Waals surface area contributed by atoms with Crippen LogP contribution in [0.5, 0.6) is 0 Å². The first-order valence-electron chi connectivity index (χ1n) is 35.1. The number of carbonyl (C=O) groups is 1. The fourth-order valence-corrected chi connectivity index (χ4v) is 12.1. The van der Waals surface area contributed by atoms with E-state index in [9.17, 15) is 61.0 Å². The molecule has 19 nitrogen and oxygen atoms in total. The van der Waals surface area contributed by atoms with Crippen LogP contribution in [0.3, 0.4) is 0 Å². The molecule has 0 aromatic carbocycles. The Hall–Kier alpha value is -1.73. The van der Waals surface area contributed by atoms with E-state index in [0.29, 0.717) is 12.8 Å². The summed E-state index contributed by atoms with van der Waals surface area (Å²) in [4.78, 5) is 13.3. The van der Waals surface area contributed by atoms with Crippen LogP contribution in [-0.4, -0.2) is 193 Å². The van der Waals surface area contributed by atoms with Gasteiger partial charge in [-0.05, 0) is 44.9 Å². The van der Waals surface area contributed by atoms with E-state index < -0.39 is 124 Å². The summed E-state index contributed by atoms with van der Waals surface area (Å²) in [5.41, 5.74) is 0. The molecule has 0 bridgehead atoms. The minimum atomic E-state index is -1.97. The van der Waals surface area contributed by atoms with E-state index in [1.54, 1.807) is 0 Å². The van der Waals surface area contributed by atoms with E-state index in [4.69, 9.17) is 28.4 Å². The molecule has 3 aliphatic heterocycles. The van der Waals surface area contributed by atoms with E-state index in [0.717, 1.165) is 64.2 Å². The molecule has 512 valence electrons. The van der Waals surface area contributed by atoms with Gasteiger partial charge in [0.15, 0.2) is 18.9 Å². The Morgan fingerprint density at radius 3 is 1.17 bits per heavy atom. The first-order chi connectivity index (χ1) is 42.3. The number of aliphatic hydroxyl groups is 11. The second kappa shape index (κ2) is 50.8. The van der Waals surface area contributed by atoms with Gasteiger partial charge in [-0.25, -0.2) is 0 Å². The van der Waals surface area contributed by atoms with Crippen molar-refractivity contribution >= 4 is 5.91 Å². The lowest BCUT2D eigenvalue weighted by Gasteiger charge is -2.48. The minimum Gasteiger partial charge on any atom is -0.394 e. The summed E-state index contributed by atoms with van der Waals surface area (Å²) < 4.78 is 34.3. The zero-order valence-corrected chi connectivity index (χ0v) is 54.0. The number of ether oxygens (including phenoxy) is 6. The van der Waals surface area contributed by atoms with Gasteiger partial charge in [-0.15, -0.1) is 0 Å². The molecule has 0 saturated carbocycles. The highest BCUT2D eigenvalue weighted by atomic mass is 16.8. The van der Waals surface area contributed by atoms with Crippen LogP contribution >= 0.6 is 0 Å². The average Bonchev–Trinajstić information content (AvgIpc) is 2.35. The van der Waals surface area contributed by atoms with Gasteiger partial charge in [0.2, 0.25) is 5.91 Å². The van der Waals surface area contributed by atoms with Gasteiger partial charge in [0.25, 0.3) is 0 Å². The number of hydrogen-bond donors (Lipinski definition) is 12. The Labute approximate surface area is 524 Å². The molecular weight excluding hydrogens is 1120 g/mol. The van der Waals surface area contributed by atoms with Gasteiger partial charge >= 0.3 is 0 Å². The summed E-state index contributed by atoms with van der Waals surface area (Å²) in [6, 6.07) is -0.881. The van der Waals surface area contributed by atoms with Gasteiger partial charge in [0.05, 0.1) is 38.6 Å². The Morgan fingerprint density at radius 2 is 0.759 bits per heavy atom. The van der Waals surface area contributed by atoms with Crippen molar-refractivity contribution in [1.82, 2.24) is 5.32 Å². The molecule has 3 fully saturated rings. The van der Waals surface area contributed by atoms with Crippen LogP contribution in [0.4, 0.5) is 0 Å². The molecule has 3 saturated heterocycles. The lowest BCUT2D eigenvalue weighted by molar-refractivity contribution is -0.379. The molecule has 0 radical (unpaired) electrons. The van der Waals surface area contributed by atoms with Crippen molar-refractivity contribution in [2.75, 3.05) is 26.4 Å². The third-order valence-corrected chi connectivity index (χ3v) is 17.8. The molecule has 17 atom stereocenters. The maximum atomic E-state index is 13.3. The lowest BCUT2D eigenvalue weighted by atomic mass is 9.96. The standard InChI is InChI=1S/C68H127NO18/c1-3-5-7-9-11-12-13-14-15-16-17-18-19-20-21-22-23-24-25-26-27-28-29-30-31-32-33-34-35-36-37-38-40-42-44-46-56(74)69-51(52(73)45-43-41-39-10-8-6-4-2)50-82-66-62(80)59(77)64(54(48-71)84-66)87-68-63(81)60(78)65(55(49-72)85-68)86-67-61(79)58(76)57(75)53(47-70)83-67/h13-14,16-17,51-55,57-68,70-73,75-81H,3-12,15,18-50H2,1-2H3,(H,69,74)/b14-13-,17-16-. The fraction of sp³-hybridized carbons (Fsp3) is 0.926. The normalized spacial score (nSPS) is 28.7. The lowest BCUT2D eigenvalue weighted by Crippen LogP contribution is -2.66. The predicted molar refractivity (Wildman–Crippen MR) is 337 cm³/mol. The Bertz CT molecular complexity index is 1680. The zero-order chi connectivity index (χ0) is 63.3. The van der Waals surface area contributed by atoms with Crippen LogP contribution in [0, 0.1) is 0 Å². The molecule has 0 aliphatic carbocycles. The number of amides is 1. The largest absolute Gasteiger partial charge is 0.394 e. The highest BCUT2D eigenvalue weighted by Gasteiger charge is 2.53. The summed E-state index contributed by atoms with van der Waals surface area (Å²) in [6.07, 6.45) is 30.6. The Morgan fingerprint density at radius 1 is 0.414 bits per heavy atom. The molecule has 3 aliphatic rings. The highest BCUT2D eigenvalue weighted by Crippen LogP contribution is 2.33. The summed E-state index contributed by atoms with van der Waals surface area (Å²) in [7, 11) is 0. The van der Waals surface area contributed by atoms with Gasteiger partial charge in [0, 0.05) is 6.42 Å². The Balaban J connectivity index is 1.27. The van der Waals surface area contributed by atoms with Crippen LogP contribution in [-0.2, 0) is 33.2 Å². The number of allylic oxidation sites excluding steroid dienone is 4. The van der Waals surface area contributed by atoms with Crippen molar-refractivity contribution < 1.29 is 89.4 Å². The van der Waals surface area contributed by atoms with E-state index in [1.807, 2.05) is 0 Å². The van der Waals surface area contributed by atoms with Crippen molar-refractivity contribution in [3.8, 4) is 0 Å². The molecule has 87 heavy (non-hydrogen) atoms. The van der Waals surface area contributed by atoms with Crippen LogP contribution in [0.1, 0.15) is 271 Å². The molecule has 19 heteroatoms. The number of unbranched alkanes of at least 4 members (excludes halogenated alkanes) is 34. The summed E-state index contributed by atoms with van der Waals surface area (Å²) in [6.45, 7) is 1.74. The predicted octanol–water partition coefficient (Wildman–Crippen LogP) is 9.05. The first-order valence-corrected chi connectivity index (χ1v) is 35.1. The maximum Gasteiger partial charge on any atom is 0.220 e. The molecule has 0 spiro atoms. The third kappa shape index (κ3) is 33.1. The topological polar surface area (TPSA) is 307 Å². The van der Waals surface area contributed by atoms with Gasteiger partial charge < -0.3 is 89.9 Å². The second-order valence-corrected chi connectivity index (χ2v) is 25.3. The number of hydrogen-bond acceptors (Lipinski definition) is 18. The summed E-state index contributed by atoms with van der Waals surface area (Å²) >= 11 is 0. The molecule has 1 amide bonds. The van der Waals surface area contributed by atoms with Gasteiger partial charge in [-0.1, -0.05) is 244 Å². The molecule has 3 heterocycles. The van der Waals surface area contributed by atoms with Crippen LogP contribution < -0.4 is 5.32 Å². The second-order valence-electron chi connectivity index (χ2n) is 25.3. The van der Waals surface area contributed by atoms with E-state index in [2.05, 4.69) is 43.5 Å². The zero-order valence-electron chi connectivity index (χ0n) is 54.0. The van der Waals surface area contributed by atoms with Crippen molar-refractivity contribution in [3.63, 3.8) is 0 Å². The van der Waals surface area contributed by atoms with E-state index >= 15 is 0 Å². The van der Waals surface area contributed by atoms with Crippen LogP contribution in [0.15, 0.2) is 24.3 Å². The smallest absolute Gasteiger partial charge is 0.220 e. The quantitative estimate of drug-likeness (QED) is 0.0200. The van der Waals surface area contributed by atoms with Crippen molar-refractivity contribution in [1.29, 1.82) is 0 Å². The molecule has 0 aromatic rings. The summed E-state index contributed by atoms with van der Waals surface area (Å²) in [5, 5.41) is 120. The van der Waals surface area contributed by atoms with Crippen molar-refractivity contribution in [2.45, 2.75) is 375 Å². The molecule has 17 unspecified atom stereocenters. The van der Waals surface area contributed by atoms with Crippen molar-refractivity contribution in [3.05, 3.63) is 24.3 Å². The summed E-state index contributed by atoms with van der Waals surface area (Å²) in [5.74, 6) is -0.243. The van der Waals surface area contributed by atoms with Gasteiger partial charge in [-0.3, -0.25) is 4.79 Å². The molecule has 0 aromatic heterocycles. The fourth-order valence-electron chi connectivity index (χ4n) is 12.1. The molecule has 12 N–H and O–H groups in total. The number of nitrogens with one attached hydrogen (secondary N) is 1. The van der Waals surface area contributed by atoms with Gasteiger partial charge in [0.1, 0.15) is 73.2 Å². The first kappa shape index (κ1) is 79.5. The molecule has 3 rings (SSSR count). The number of aliphatic hydroxyl groups excluding tert-OH is 11. The minimum absolute atomic E-state index is 0.243. The monoisotopic (exact) mass is 1250 g/mol. The maximum absolute atomic E-state index is 13.3. The van der Waals surface area contributed by atoms with Crippen LogP contribution in [0.2, 0.25) is 0 Å². The number of rotatable bonds is 54. The highest BCUT2D eigenvalue weighted by molar-refractivity contribution is 5.76. The SMILES string of the molecule is CCCCCCC/C=C\C/C=C\CCCCCCCCCCCCCCCCCCCCCCCCCC(=O)NC(COC1OC(CO)C(OC2OC(CO)C(OC3OC(CO)C(O)C(O)C3O)C(O)C2O)C(O)C1O)C(O)CCCCCCCCC. The number of carbonyl (C=O) groups excluding carboxylic acids is 1. The third-order valence-electron chi connectivity index (χ3n) is 17.8. The average molecular weight is 1250 g/mol. The van der Waals surface area contributed by atoms with Crippen LogP contribution in [0.25, 0.3) is 0 Å². The van der Waals surface area contributed by atoms with Crippen molar-refractivity contribution in [2.24, 2.45) is 0 Å². The molecular formula is C68H127NO18. The van der Waals surface area contributed by atoms with E-state index in [1.165, 1.54) is 173 Å².